The van der Waals surface area contributed by atoms with Crippen molar-refractivity contribution in [1.82, 2.24) is 9.88 Å². The van der Waals surface area contributed by atoms with E-state index in [1.165, 1.54) is 12.0 Å². The number of aliphatic hydroxyl groups excluding tert-OH is 1. The van der Waals surface area contributed by atoms with Crippen LogP contribution in [0.15, 0.2) is 48.3 Å². The molecule has 0 spiro atoms. The summed E-state index contributed by atoms with van der Waals surface area (Å²) in [5.41, 5.74) is 1.97. The summed E-state index contributed by atoms with van der Waals surface area (Å²) < 4.78 is 10.9. The van der Waals surface area contributed by atoms with Gasteiger partial charge in [0.1, 0.15) is 11.5 Å². The normalized spacial score (nSPS) is 18.1. The van der Waals surface area contributed by atoms with Gasteiger partial charge in [-0.15, -0.1) is 0 Å². The number of ketones is 1. The Morgan fingerprint density at radius 2 is 2.03 bits per heavy atom. The van der Waals surface area contributed by atoms with Crippen LogP contribution in [0, 0.1) is 12.8 Å². The number of carbonyl (C=O) groups excluding carboxylic acids is 2. The Labute approximate surface area is 182 Å². The SMILES string of the molecule is COCCN1C(=O)C(=O)C(=C(O)c2ccc(OCC(C)C)c(C)c2)[C@H]1c1cccnc1. The smallest absolute Gasteiger partial charge is 0.295 e. The number of likely N-dealkylation sites (tertiary alicyclic amines) is 1. The first kappa shape index (κ1) is 22.5. The molecule has 0 bridgehead atoms. The Hall–Kier alpha value is -3.19. The lowest BCUT2D eigenvalue weighted by atomic mass is 9.95. The quantitative estimate of drug-likeness (QED) is 0.396. The van der Waals surface area contributed by atoms with Crippen molar-refractivity contribution in [3.63, 3.8) is 0 Å². The van der Waals surface area contributed by atoms with Gasteiger partial charge in [-0.2, -0.15) is 0 Å². The van der Waals surface area contributed by atoms with Crippen LogP contribution in [0.3, 0.4) is 0 Å². The number of aryl methyl sites for hydroxylation is 1. The van der Waals surface area contributed by atoms with Crippen LogP contribution in [0.2, 0.25) is 0 Å². The number of nitrogens with zero attached hydrogens (tertiary/aromatic N) is 2. The highest BCUT2D eigenvalue weighted by Gasteiger charge is 2.46. The maximum Gasteiger partial charge on any atom is 0.295 e. The maximum absolute atomic E-state index is 12.9. The number of aromatic nitrogens is 1. The van der Waals surface area contributed by atoms with Crippen molar-refractivity contribution < 1.29 is 24.2 Å². The van der Waals surface area contributed by atoms with E-state index in [0.29, 0.717) is 23.7 Å². The summed E-state index contributed by atoms with van der Waals surface area (Å²) in [5.74, 6) is -0.503. The van der Waals surface area contributed by atoms with E-state index in [-0.39, 0.29) is 24.5 Å². The van der Waals surface area contributed by atoms with Gasteiger partial charge in [0.15, 0.2) is 0 Å². The van der Waals surface area contributed by atoms with Crippen molar-refractivity contribution in [1.29, 1.82) is 0 Å². The number of hydrogen-bond donors (Lipinski definition) is 1. The van der Waals surface area contributed by atoms with Crippen molar-refractivity contribution in [2.75, 3.05) is 26.9 Å². The summed E-state index contributed by atoms with van der Waals surface area (Å²) in [6.07, 6.45) is 3.21. The van der Waals surface area contributed by atoms with Crippen LogP contribution in [0.5, 0.6) is 5.75 Å². The van der Waals surface area contributed by atoms with Gasteiger partial charge < -0.3 is 19.5 Å². The molecule has 1 atom stereocenters. The summed E-state index contributed by atoms with van der Waals surface area (Å²) in [7, 11) is 1.53. The molecule has 1 saturated heterocycles. The predicted octanol–water partition coefficient (Wildman–Crippen LogP) is 3.49. The Bertz CT molecular complexity index is 985. The van der Waals surface area contributed by atoms with E-state index in [0.717, 1.165) is 11.3 Å². The minimum Gasteiger partial charge on any atom is -0.507 e. The second-order valence-corrected chi connectivity index (χ2v) is 7.96. The van der Waals surface area contributed by atoms with Gasteiger partial charge in [0.25, 0.3) is 11.7 Å². The Balaban J connectivity index is 2.05. The Kier molecular flexibility index (Phi) is 7.07. The molecule has 0 aliphatic carbocycles. The number of pyridine rings is 1. The average molecular weight is 424 g/mol. The predicted molar refractivity (Wildman–Crippen MR) is 117 cm³/mol. The molecular formula is C24H28N2O5. The van der Waals surface area contributed by atoms with Gasteiger partial charge in [-0.05, 0) is 48.2 Å². The highest BCUT2D eigenvalue weighted by Crippen LogP contribution is 2.39. The number of amides is 1. The van der Waals surface area contributed by atoms with Crippen molar-refractivity contribution in [2.24, 2.45) is 5.92 Å². The lowest BCUT2D eigenvalue weighted by Gasteiger charge is -2.24. The van der Waals surface area contributed by atoms with Gasteiger partial charge in [0, 0.05) is 31.6 Å². The third kappa shape index (κ3) is 4.77. The third-order valence-electron chi connectivity index (χ3n) is 5.10. The zero-order valence-electron chi connectivity index (χ0n) is 18.3. The van der Waals surface area contributed by atoms with Gasteiger partial charge in [0.05, 0.1) is 24.8 Å². The zero-order chi connectivity index (χ0) is 22.5. The molecule has 0 radical (unpaired) electrons. The van der Waals surface area contributed by atoms with E-state index in [1.54, 1.807) is 42.7 Å². The third-order valence-corrected chi connectivity index (χ3v) is 5.10. The van der Waals surface area contributed by atoms with Crippen molar-refractivity contribution >= 4 is 17.4 Å². The number of methoxy groups -OCH3 is 1. The molecule has 31 heavy (non-hydrogen) atoms. The fourth-order valence-electron chi connectivity index (χ4n) is 3.56. The number of carbonyl (C=O) groups is 2. The van der Waals surface area contributed by atoms with Gasteiger partial charge in [-0.25, -0.2) is 0 Å². The standard InChI is InChI=1S/C24H28N2O5/c1-15(2)14-31-19-8-7-17(12-16(19)3)22(27)20-21(18-6-5-9-25-13-18)26(10-11-30-4)24(29)23(20)28/h5-9,12-13,15,21,27H,10-11,14H2,1-4H3/t21-/m1/s1. The number of Topliss-reactive ketones (excluding diaryl/α,β-unsaturated/α-hetero) is 1. The number of benzene rings is 1. The van der Waals surface area contributed by atoms with Crippen LogP contribution >= 0.6 is 0 Å². The lowest BCUT2D eigenvalue weighted by molar-refractivity contribution is -0.140. The van der Waals surface area contributed by atoms with E-state index in [9.17, 15) is 14.7 Å². The van der Waals surface area contributed by atoms with Gasteiger partial charge in [0.2, 0.25) is 0 Å². The minimum absolute atomic E-state index is 0.0457. The first-order valence-electron chi connectivity index (χ1n) is 10.3. The summed E-state index contributed by atoms with van der Waals surface area (Å²) in [5, 5.41) is 11.1. The molecule has 0 saturated carbocycles. The molecule has 1 aliphatic heterocycles. The molecule has 0 unspecified atom stereocenters. The second kappa shape index (κ2) is 9.75. The molecule has 1 fully saturated rings. The average Bonchev–Trinajstić information content (AvgIpc) is 3.01. The first-order chi connectivity index (χ1) is 14.8. The molecule has 1 aliphatic rings. The summed E-state index contributed by atoms with van der Waals surface area (Å²) in [6.45, 7) is 7.08. The number of rotatable bonds is 8. The van der Waals surface area contributed by atoms with E-state index >= 15 is 0 Å². The molecule has 1 amide bonds. The molecular weight excluding hydrogens is 396 g/mol. The zero-order valence-corrected chi connectivity index (χ0v) is 18.3. The summed E-state index contributed by atoms with van der Waals surface area (Å²) >= 11 is 0. The van der Waals surface area contributed by atoms with Gasteiger partial charge in [-0.3, -0.25) is 14.6 Å². The molecule has 7 nitrogen and oxygen atoms in total. The van der Waals surface area contributed by atoms with Crippen molar-refractivity contribution in [3.8, 4) is 5.75 Å². The van der Waals surface area contributed by atoms with Gasteiger partial charge in [-0.1, -0.05) is 19.9 Å². The first-order valence-corrected chi connectivity index (χ1v) is 10.3. The number of ether oxygens (including phenoxy) is 2. The van der Waals surface area contributed by atoms with Crippen LogP contribution in [0.25, 0.3) is 5.76 Å². The van der Waals surface area contributed by atoms with Crippen molar-refractivity contribution in [2.45, 2.75) is 26.8 Å². The highest BCUT2D eigenvalue weighted by atomic mass is 16.5. The molecule has 1 aromatic heterocycles. The number of aliphatic hydroxyl groups is 1. The van der Waals surface area contributed by atoms with E-state index in [2.05, 4.69) is 18.8 Å². The topological polar surface area (TPSA) is 89.0 Å². The summed E-state index contributed by atoms with van der Waals surface area (Å²) in [6, 6.07) is 8.00. The summed E-state index contributed by atoms with van der Waals surface area (Å²) in [4.78, 5) is 31.2. The fourth-order valence-corrected chi connectivity index (χ4v) is 3.56. The molecule has 164 valence electrons. The van der Waals surface area contributed by atoms with Crippen LogP contribution < -0.4 is 4.74 Å². The van der Waals surface area contributed by atoms with Crippen LogP contribution in [0.4, 0.5) is 0 Å². The van der Waals surface area contributed by atoms with Crippen LogP contribution in [0.1, 0.15) is 36.6 Å². The van der Waals surface area contributed by atoms with Crippen molar-refractivity contribution in [3.05, 3.63) is 65.0 Å². The van der Waals surface area contributed by atoms with Gasteiger partial charge >= 0.3 is 0 Å². The van der Waals surface area contributed by atoms with E-state index < -0.39 is 17.7 Å². The van der Waals surface area contributed by atoms with E-state index in [1.807, 2.05) is 6.92 Å². The molecule has 2 heterocycles. The van der Waals surface area contributed by atoms with E-state index in [4.69, 9.17) is 9.47 Å². The Morgan fingerprint density at radius 1 is 1.26 bits per heavy atom. The minimum atomic E-state index is -0.735. The molecule has 7 heteroatoms. The van der Waals surface area contributed by atoms with Crippen LogP contribution in [-0.2, 0) is 14.3 Å². The Morgan fingerprint density at radius 3 is 2.65 bits per heavy atom. The molecule has 3 rings (SSSR count). The fraction of sp³-hybridized carbons (Fsp3) is 0.375. The second-order valence-electron chi connectivity index (χ2n) is 7.96. The number of hydrogen-bond acceptors (Lipinski definition) is 6. The van der Waals surface area contributed by atoms with Crippen LogP contribution in [-0.4, -0.2) is 53.5 Å². The lowest BCUT2D eigenvalue weighted by Crippen LogP contribution is -2.32. The molecule has 1 aromatic carbocycles. The molecule has 1 N–H and O–H groups in total. The monoisotopic (exact) mass is 424 g/mol. The maximum atomic E-state index is 12.9. The highest BCUT2D eigenvalue weighted by molar-refractivity contribution is 6.46. The molecule has 2 aromatic rings. The largest absolute Gasteiger partial charge is 0.507 e.